The number of carbonyl (C=O) groups excluding carboxylic acids is 1. The normalized spacial score (nSPS) is 11.3. The predicted octanol–water partition coefficient (Wildman–Crippen LogP) is 4.00. The van der Waals surface area contributed by atoms with Crippen LogP contribution in [-0.4, -0.2) is 22.2 Å². The van der Waals surface area contributed by atoms with Gasteiger partial charge < -0.3 is 4.74 Å². The number of rotatable bonds is 6. The molecule has 1 heterocycles. The molecule has 22 heavy (non-hydrogen) atoms. The van der Waals surface area contributed by atoms with Crippen LogP contribution in [0.15, 0.2) is 36.5 Å². The minimum Gasteiger partial charge on any atom is -0.493 e. The molecule has 0 aliphatic carbocycles. The van der Waals surface area contributed by atoms with Crippen molar-refractivity contribution in [2.45, 2.75) is 13.8 Å². The Morgan fingerprint density at radius 2 is 2.23 bits per heavy atom. The van der Waals surface area contributed by atoms with Gasteiger partial charge in [0.1, 0.15) is 5.75 Å². The van der Waals surface area contributed by atoms with Gasteiger partial charge in [-0.05, 0) is 29.7 Å². The van der Waals surface area contributed by atoms with Gasteiger partial charge >= 0.3 is 0 Å². The van der Waals surface area contributed by atoms with Crippen LogP contribution in [0.4, 0.5) is 0 Å². The van der Waals surface area contributed by atoms with Gasteiger partial charge in [0.05, 0.1) is 11.6 Å². The van der Waals surface area contributed by atoms with Gasteiger partial charge in [0.2, 0.25) is 5.78 Å². The van der Waals surface area contributed by atoms with E-state index in [1.165, 1.54) is 10.8 Å². The molecule has 1 aromatic carbocycles. The first-order valence-electron chi connectivity index (χ1n) is 7.10. The average molecular weight is 319 g/mol. The van der Waals surface area contributed by atoms with Crippen LogP contribution in [0.2, 0.25) is 5.02 Å². The van der Waals surface area contributed by atoms with Crippen LogP contribution in [0.5, 0.6) is 5.75 Å². The lowest BCUT2D eigenvalue weighted by Gasteiger charge is -2.08. The number of allylic oxidation sites excluding steroid dienone is 1. The van der Waals surface area contributed by atoms with E-state index in [0.29, 0.717) is 17.5 Å². The number of ketones is 1. The summed E-state index contributed by atoms with van der Waals surface area (Å²) < 4.78 is 7.18. The standard InChI is InChI=1S/C17H19ClN2O2/c1-12(2)11-22-14-6-4-5-13(9-14)7-8-16(21)17-15(18)10-20(3)19-17/h4-10,12H,11H2,1-3H3/b8-7+. The Morgan fingerprint density at radius 1 is 1.45 bits per heavy atom. The molecule has 0 unspecified atom stereocenters. The molecule has 0 spiro atoms. The minimum absolute atomic E-state index is 0.223. The summed E-state index contributed by atoms with van der Waals surface area (Å²) >= 11 is 5.96. The number of hydrogen-bond acceptors (Lipinski definition) is 3. The molecule has 4 nitrogen and oxygen atoms in total. The van der Waals surface area contributed by atoms with Gasteiger partial charge in [-0.25, -0.2) is 0 Å². The smallest absolute Gasteiger partial charge is 0.207 e. The highest BCUT2D eigenvalue weighted by Gasteiger charge is 2.11. The van der Waals surface area contributed by atoms with Crippen molar-refractivity contribution in [3.05, 3.63) is 52.8 Å². The van der Waals surface area contributed by atoms with Crippen molar-refractivity contribution in [1.82, 2.24) is 9.78 Å². The summed E-state index contributed by atoms with van der Waals surface area (Å²) in [7, 11) is 1.72. The Kier molecular flexibility index (Phi) is 5.39. The van der Waals surface area contributed by atoms with Crippen LogP contribution in [0.25, 0.3) is 6.08 Å². The lowest BCUT2D eigenvalue weighted by atomic mass is 10.1. The van der Waals surface area contributed by atoms with Crippen LogP contribution in [0, 0.1) is 5.92 Å². The molecule has 0 bridgehead atoms. The van der Waals surface area contributed by atoms with Gasteiger partial charge in [-0.1, -0.05) is 43.7 Å². The quantitative estimate of drug-likeness (QED) is 0.597. The van der Waals surface area contributed by atoms with Gasteiger partial charge in [0, 0.05) is 13.2 Å². The zero-order chi connectivity index (χ0) is 16.1. The topological polar surface area (TPSA) is 44.1 Å². The van der Waals surface area contributed by atoms with Crippen LogP contribution in [-0.2, 0) is 7.05 Å². The van der Waals surface area contributed by atoms with E-state index in [-0.39, 0.29) is 11.5 Å². The van der Waals surface area contributed by atoms with E-state index < -0.39 is 0 Å². The Bertz CT molecular complexity index is 690. The maximum atomic E-state index is 12.1. The molecule has 2 rings (SSSR count). The fraction of sp³-hybridized carbons (Fsp3) is 0.294. The van der Waals surface area contributed by atoms with E-state index in [9.17, 15) is 4.79 Å². The highest BCUT2D eigenvalue weighted by atomic mass is 35.5. The molecule has 0 radical (unpaired) electrons. The predicted molar refractivity (Wildman–Crippen MR) is 88.4 cm³/mol. The first-order valence-corrected chi connectivity index (χ1v) is 7.48. The number of benzene rings is 1. The summed E-state index contributed by atoms with van der Waals surface area (Å²) in [6.07, 6.45) is 4.80. The average Bonchev–Trinajstić information content (AvgIpc) is 2.82. The van der Waals surface area contributed by atoms with Crippen molar-refractivity contribution in [2.24, 2.45) is 13.0 Å². The molecule has 0 atom stereocenters. The van der Waals surface area contributed by atoms with E-state index >= 15 is 0 Å². The van der Waals surface area contributed by atoms with Crippen LogP contribution >= 0.6 is 11.6 Å². The van der Waals surface area contributed by atoms with Gasteiger partial charge in [-0.15, -0.1) is 0 Å². The Morgan fingerprint density at radius 3 is 2.86 bits per heavy atom. The fourth-order valence-corrected chi connectivity index (χ4v) is 2.12. The molecular weight excluding hydrogens is 300 g/mol. The lowest BCUT2D eigenvalue weighted by molar-refractivity contribution is 0.104. The second kappa shape index (κ2) is 7.27. The summed E-state index contributed by atoms with van der Waals surface area (Å²) in [4.78, 5) is 12.1. The van der Waals surface area contributed by atoms with Crippen molar-refractivity contribution in [3.8, 4) is 5.75 Å². The van der Waals surface area contributed by atoms with E-state index in [0.717, 1.165) is 11.3 Å². The largest absolute Gasteiger partial charge is 0.493 e. The Balaban J connectivity index is 2.08. The van der Waals surface area contributed by atoms with Crippen molar-refractivity contribution in [3.63, 3.8) is 0 Å². The molecule has 0 N–H and O–H groups in total. The number of aryl methyl sites for hydroxylation is 1. The van der Waals surface area contributed by atoms with Crippen LogP contribution < -0.4 is 4.74 Å². The summed E-state index contributed by atoms with van der Waals surface area (Å²) in [5.41, 5.74) is 1.15. The third-order valence-electron chi connectivity index (χ3n) is 2.89. The maximum Gasteiger partial charge on any atom is 0.207 e. The monoisotopic (exact) mass is 318 g/mol. The summed E-state index contributed by atoms with van der Waals surface area (Å²) in [6.45, 7) is 4.85. The van der Waals surface area contributed by atoms with Gasteiger partial charge in [0.25, 0.3) is 0 Å². The van der Waals surface area contributed by atoms with Gasteiger partial charge in [-0.3, -0.25) is 9.48 Å². The van der Waals surface area contributed by atoms with Crippen molar-refractivity contribution in [1.29, 1.82) is 0 Å². The zero-order valence-electron chi connectivity index (χ0n) is 12.9. The molecule has 0 saturated carbocycles. The highest BCUT2D eigenvalue weighted by molar-refractivity contribution is 6.34. The number of aromatic nitrogens is 2. The molecule has 0 aliphatic rings. The second-order valence-corrected chi connectivity index (χ2v) is 5.88. The number of hydrogen-bond donors (Lipinski definition) is 0. The minimum atomic E-state index is -0.223. The van der Waals surface area contributed by atoms with Crippen molar-refractivity contribution in [2.75, 3.05) is 6.61 Å². The molecular formula is C17H19ClN2O2. The van der Waals surface area contributed by atoms with E-state index in [4.69, 9.17) is 16.3 Å². The summed E-state index contributed by atoms with van der Waals surface area (Å²) in [6, 6.07) is 7.60. The van der Waals surface area contributed by atoms with E-state index in [2.05, 4.69) is 18.9 Å². The first kappa shape index (κ1) is 16.3. The molecule has 0 amide bonds. The zero-order valence-corrected chi connectivity index (χ0v) is 13.7. The van der Waals surface area contributed by atoms with Crippen molar-refractivity contribution >= 4 is 23.5 Å². The van der Waals surface area contributed by atoms with E-state index in [1.807, 2.05) is 24.3 Å². The lowest BCUT2D eigenvalue weighted by Crippen LogP contribution is -2.04. The molecule has 5 heteroatoms. The Hall–Kier alpha value is -2.07. The molecule has 2 aromatic rings. The number of ether oxygens (including phenoxy) is 1. The molecule has 0 aliphatic heterocycles. The Labute approximate surface area is 135 Å². The van der Waals surface area contributed by atoms with Crippen molar-refractivity contribution < 1.29 is 9.53 Å². The number of nitrogens with zero attached hydrogens (tertiary/aromatic N) is 2. The third-order valence-corrected chi connectivity index (χ3v) is 3.16. The van der Waals surface area contributed by atoms with Gasteiger partial charge in [-0.2, -0.15) is 5.10 Å². The SMILES string of the molecule is CC(C)COc1cccc(/C=C/C(=O)c2nn(C)cc2Cl)c1. The maximum absolute atomic E-state index is 12.1. The molecule has 116 valence electrons. The second-order valence-electron chi connectivity index (χ2n) is 5.47. The first-order chi connectivity index (χ1) is 10.5. The molecule has 1 aromatic heterocycles. The summed E-state index contributed by atoms with van der Waals surface area (Å²) in [5, 5.41) is 4.40. The molecule has 0 fully saturated rings. The number of halogens is 1. The summed E-state index contributed by atoms with van der Waals surface area (Å²) in [5.74, 6) is 1.03. The van der Waals surface area contributed by atoms with Crippen LogP contribution in [0.3, 0.4) is 0 Å². The fourth-order valence-electron chi connectivity index (χ4n) is 1.85. The van der Waals surface area contributed by atoms with Gasteiger partial charge in [0.15, 0.2) is 5.69 Å². The third kappa shape index (κ3) is 4.46. The van der Waals surface area contributed by atoms with Crippen LogP contribution in [0.1, 0.15) is 29.9 Å². The number of carbonyl (C=O) groups is 1. The highest BCUT2D eigenvalue weighted by Crippen LogP contribution is 2.17. The van der Waals surface area contributed by atoms with E-state index in [1.54, 1.807) is 19.3 Å². The molecule has 0 saturated heterocycles.